The molecule has 0 bridgehead atoms. The summed E-state index contributed by atoms with van der Waals surface area (Å²) in [4.78, 5) is 25.2. The lowest BCUT2D eigenvalue weighted by atomic mass is 9.93. The zero-order valence-electron chi connectivity index (χ0n) is 11.5. The van der Waals surface area contributed by atoms with Gasteiger partial charge in [0, 0.05) is 6.04 Å². The number of carbonyl (C=O) groups is 2. The van der Waals surface area contributed by atoms with Crippen LogP contribution in [0.25, 0.3) is 0 Å². The van der Waals surface area contributed by atoms with Crippen molar-refractivity contribution in [2.45, 2.75) is 64.3 Å². The van der Waals surface area contributed by atoms with Gasteiger partial charge < -0.3 is 10.2 Å². The third kappa shape index (κ3) is 3.39. The monoisotopic (exact) mass is 280 g/mol. The first-order chi connectivity index (χ1) is 8.49. The van der Waals surface area contributed by atoms with Gasteiger partial charge in [-0.1, -0.05) is 6.92 Å². The van der Waals surface area contributed by atoms with Gasteiger partial charge in [0.2, 0.25) is 11.8 Å². The van der Waals surface area contributed by atoms with Crippen molar-refractivity contribution in [3.8, 4) is 0 Å². The molecule has 2 unspecified atom stereocenters. The second-order valence-corrected chi connectivity index (χ2v) is 5.42. The maximum Gasteiger partial charge on any atom is 0.391 e. The van der Waals surface area contributed by atoms with E-state index in [1.165, 1.54) is 20.8 Å². The van der Waals surface area contributed by atoms with E-state index in [1.807, 2.05) is 0 Å². The van der Waals surface area contributed by atoms with Crippen LogP contribution in [0.2, 0.25) is 0 Å². The summed E-state index contributed by atoms with van der Waals surface area (Å²) in [6, 6.07) is -1.89. The minimum absolute atomic E-state index is 0.288. The Bertz CT molecular complexity index is 380. The quantitative estimate of drug-likeness (QED) is 0.857. The molecule has 110 valence electrons. The zero-order chi connectivity index (χ0) is 15.0. The number of piperazine rings is 1. The fourth-order valence-corrected chi connectivity index (χ4v) is 2.36. The highest BCUT2D eigenvalue weighted by atomic mass is 19.4. The lowest BCUT2D eigenvalue weighted by Gasteiger charge is -2.45. The molecule has 2 amide bonds. The van der Waals surface area contributed by atoms with Crippen LogP contribution in [-0.4, -0.2) is 40.5 Å². The van der Waals surface area contributed by atoms with Gasteiger partial charge in [0.25, 0.3) is 0 Å². The Hall–Kier alpha value is -1.27. The van der Waals surface area contributed by atoms with E-state index >= 15 is 0 Å². The summed E-state index contributed by atoms with van der Waals surface area (Å²) in [5.74, 6) is -0.878. The number of alkyl halides is 3. The molecule has 2 atom stereocenters. The van der Waals surface area contributed by atoms with Crippen LogP contribution in [0.5, 0.6) is 0 Å². The molecule has 0 aromatic heterocycles. The molecule has 1 aliphatic rings. The average Bonchev–Trinajstić information content (AvgIpc) is 2.19. The average molecular weight is 280 g/mol. The molecule has 1 heterocycles. The molecule has 19 heavy (non-hydrogen) atoms. The van der Waals surface area contributed by atoms with Crippen molar-refractivity contribution in [2.24, 2.45) is 0 Å². The summed E-state index contributed by atoms with van der Waals surface area (Å²) in [5, 5.41) is 2.54. The lowest BCUT2D eigenvalue weighted by Crippen LogP contribution is -2.69. The number of hydrogen-bond acceptors (Lipinski definition) is 2. The molecule has 7 heteroatoms. The van der Waals surface area contributed by atoms with Crippen molar-refractivity contribution in [1.29, 1.82) is 0 Å². The van der Waals surface area contributed by atoms with Crippen LogP contribution in [0.15, 0.2) is 0 Å². The number of nitrogens with zero attached hydrogens (tertiary/aromatic N) is 1. The summed E-state index contributed by atoms with van der Waals surface area (Å²) < 4.78 is 37.4. The van der Waals surface area contributed by atoms with E-state index in [0.717, 1.165) is 4.90 Å². The smallest absolute Gasteiger partial charge is 0.340 e. The summed E-state index contributed by atoms with van der Waals surface area (Å²) in [7, 11) is 0. The largest absolute Gasteiger partial charge is 0.391 e. The van der Waals surface area contributed by atoms with Crippen molar-refractivity contribution in [3.63, 3.8) is 0 Å². The maximum atomic E-state index is 12.5. The highest BCUT2D eigenvalue weighted by Crippen LogP contribution is 2.29. The first-order valence-corrected chi connectivity index (χ1v) is 6.21. The number of amides is 2. The predicted molar refractivity (Wildman–Crippen MR) is 63.3 cm³/mol. The molecule has 1 saturated heterocycles. The van der Waals surface area contributed by atoms with Crippen molar-refractivity contribution in [3.05, 3.63) is 0 Å². The second kappa shape index (κ2) is 5.02. The third-order valence-electron chi connectivity index (χ3n) is 3.23. The van der Waals surface area contributed by atoms with Gasteiger partial charge in [-0.15, -0.1) is 0 Å². The highest BCUT2D eigenvalue weighted by molar-refractivity contribution is 5.99. The lowest BCUT2D eigenvalue weighted by molar-refractivity contribution is -0.168. The zero-order valence-corrected chi connectivity index (χ0v) is 11.5. The van der Waals surface area contributed by atoms with Gasteiger partial charge in [-0.05, 0) is 27.2 Å². The van der Waals surface area contributed by atoms with E-state index < -0.39 is 42.0 Å². The van der Waals surface area contributed by atoms with Gasteiger partial charge in [-0.3, -0.25) is 9.59 Å². The van der Waals surface area contributed by atoms with Crippen LogP contribution in [-0.2, 0) is 9.59 Å². The highest BCUT2D eigenvalue weighted by Gasteiger charge is 2.48. The van der Waals surface area contributed by atoms with Gasteiger partial charge in [0.1, 0.15) is 11.6 Å². The van der Waals surface area contributed by atoms with E-state index in [4.69, 9.17) is 0 Å². The van der Waals surface area contributed by atoms with Crippen LogP contribution < -0.4 is 5.32 Å². The molecule has 0 aromatic rings. The van der Waals surface area contributed by atoms with Crippen LogP contribution in [0.3, 0.4) is 0 Å². The fourth-order valence-electron chi connectivity index (χ4n) is 2.36. The van der Waals surface area contributed by atoms with Gasteiger partial charge in [-0.2, -0.15) is 13.2 Å². The Morgan fingerprint density at radius 2 is 1.89 bits per heavy atom. The molecule has 0 aliphatic carbocycles. The molecule has 0 spiro atoms. The van der Waals surface area contributed by atoms with E-state index in [1.54, 1.807) is 6.92 Å². The van der Waals surface area contributed by atoms with E-state index in [9.17, 15) is 22.8 Å². The van der Waals surface area contributed by atoms with Gasteiger partial charge in [0.05, 0.1) is 6.42 Å². The molecular formula is C12H19F3N2O2. The summed E-state index contributed by atoms with van der Waals surface area (Å²) in [5.41, 5.74) is -1.16. The Labute approximate surface area is 110 Å². The first-order valence-electron chi connectivity index (χ1n) is 6.21. The third-order valence-corrected chi connectivity index (χ3v) is 3.23. The molecule has 1 rings (SSSR count). The summed E-state index contributed by atoms with van der Waals surface area (Å²) in [6.07, 6.45) is -5.19. The SMILES string of the molecule is CCC1C(=O)NC(C)(C)C(=O)N1C(C)CC(F)(F)F. The molecule has 1 aliphatic heterocycles. The van der Waals surface area contributed by atoms with Crippen LogP contribution in [0, 0.1) is 0 Å². The number of carbonyl (C=O) groups excluding carboxylic acids is 2. The van der Waals surface area contributed by atoms with Gasteiger partial charge >= 0.3 is 6.18 Å². The van der Waals surface area contributed by atoms with Crippen molar-refractivity contribution in [1.82, 2.24) is 10.2 Å². The molecule has 4 nitrogen and oxygen atoms in total. The Morgan fingerprint density at radius 3 is 2.32 bits per heavy atom. The minimum atomic E-state index is -4.37. The standard InChI is InChI=1S/C12H19F3N2O2/c1-5-8-9(18)16-11(3,4)10(19)17(8)7(2)6-12(13,14)15/h7-8H,5-6H2,1-4H3,(H,16,18). The molecule has 0 aromatic carbocycles. The molecular weight excluding hydrogens is 261 g/mol. The van der Waals surface area contributed by atoms with Crippen molar-refractivity contribution in [2.75, 3.05) is 0 Å². The van der Waals surface area contributed by atoms with E-state index in [2.05, 4.69) is 5.32 Å². The van der Waals surface area contributed by atoms with E-state index in [0.29, 0.717) is 0 Å². The second-order valence-electron chi connectivity index (χ2n) is 5.42. The molecule has 0 saturated carbocycles. The van der Waals surface area contributed by atoms with Crippen LogP contribution in [0.1, 0.15) is 40.5 Å². The number of nitrogens with one attached hydrogen (secondary N) is 1. The summed E-state index contributed by atoms with van der Waals surface area (Å²) in [6.45, 7) is 5.98. The molecule has 1 N–H and O–H groups in total. The van der Waals surface area contributed by atoms with Crippen LogP contribution >= 0.6 is 0 Å². The predicted octanol–water partition coefficient (Wildman–Crippen LogP) is 1.84. The Morgan fingerprint density at radius 1 is 1.37 bits per heavy atom. The van der Waals surface area contributed by atoms with Gasteiger partial charge in [0.15, 0.2) is 0 Å². The number of halogens is 3. The first kappa shape index (κ1) is 15.8. The number of rotatable bonds is 3. The number of hydrogen-bond donors (Lipinski definition) is 1. The van der Waals surface area contributed by atoms with E-state index in [-0.39, 0.29) is 6.42 Å². The van der Waals surface area contributed by atoms with Crippen LogP contribution in [0.4, 0.5) is 13.2 Å². The topological polar surface area (TPSA) is 49.4 Å². The van der Waals surface area contributed by atoms with Crippen molar-refractivity contribution >= 4 is 11.8 Å². The van der Waals surface area contributed by atoms with Gasteiger partial charge in [-0.25, -0.2) is 0 Å². The van der Waals surface area contributed by atoms with Crippen molar-refractivity contribution < 1.29 is 22.8 Å². The molecule has 1 fully saturated rings. The maximum absolute atomic E-state index is 12.5. The molecule has 0 radical (unpaired) electrons. The Balaban J connectivity index is 3.04. The fraction of sp³-hybridized carbons (Fsp3) is 0.833. The minimum Gasteiger partial charge on any atom is -0.340 e. The Kier molecular flexibility index (Phi) is 4.17. The summed E-state index contributed by atoms with van der Waals surface area (Å²) >= 11 is 0. The normalized spacial score (nSPS) is 25.2.